The maximum atomic E-state index is 12.5. The maximum absolute atomic E-state index is 12.5. The van der Waals surface area contributed by atoms with Crippen LogP contribution < -0.4 is 11.1 Å². The maximum Gasteiger partial charge on any atom is 0.261 e. The third-order valence-electron chi connectivity index (χ3n) is 4.01. The van der Waals surface area contributed by atoms with Crippen molar-refractivity contribution in [3.8, 4) is 0 Å². The van der Waals surface area contributed by atoms with Crippen LogP contribution in [-0.2, 0) is 0 Å². The molecule has 5 heteroatoms. The van der Waals surface area contributed by atoms with E-state index in [9.17, 15) is 9.59 Å². The minimum absolute atomic E-state index is 0.0350. The fraction of sp³-hybridized carbons (Fsp3) is 0.294. The standard InChI is InChI=1S/C17H18N2O2S/c1-10-4-2-3-5-13(10)15(11-6-7-11)19-17(21)14-8-12(9-22-14)16(18)20/h2-5,8-9,11,15H,6-7H2,1H3,(H2,18,20)(H,19,21). The van der Waals surface area contributed by atoms with E-state index in [0.29, 0.717) is 16.4 Å². The molecule has 1 unspecified atom stereocenters. The van der Waals surface area contributed by atoms with E-state index < -0.39 is 5.91 Å². The van der Waals surface area contributed by atoms with E-state index in [1.54, 1.807) is 11.4 Å². The average Bonchev–Trinajstić information content (AvgIpc) is 3.20. The first-order valence-corrected chi connectivity index (χ1v) is 8.19. The number of amides is 2. The molecule has 3 rings (SSSR count). The molecule has 0 aliphatic heterocycles. The highest BCUT2D eigenvalue weighted by Crippen LogP contribution is 2.42. The fourth-order valence-corrected chi connectivity index (χ4v) is 3.41. The first-order valence-electron chi connectivity index (χ1n) is 7.31. The highest BCUT2D eigenvalue weighted by molar-refractivity contribution is 7.12. The van der Waals surface area contributed by atoms with E-state index in [1.807, 2.05) is 12.1 Å². The number of hydrogen-bond donors (Lipinski definition) is 2. The molecule has 1 fully saturated rings. The lowest BCUT2D eigenvalue weighted by molar-refractivity contribution is 0.0935. The lowest BCUT2D eigenvalue weighted by atomic mass is 9.97. The van der Waals surface area contributed by atoms with Gasteiger partial charge in [0.15, 0.2) is 0 Å². The average molecular weight is 314 g/mol. The molecule has 0 radical (unpaired) electrons. The van der Waals surface area contributed by atoms with Crippen LogP contribution in [0.3, 0.4) is 0 Å². The smallest absolute Gasteiger partial charge is 0.261 e. The topological polar surface area (TPSA) is 72.2 Å². The molecule has 1 heterocycles. The van der Waals surface area contributed by atoms with Crippen LogP contribution in [-0.4, -0.2) is 11.8 Å². The molecule has 0 saturated heterocycles. The van der Waals surface area contributed by atoms with Crippen molar-refractivity contribution in [2.24, 2.45) is 11.7 Å². The third kappa shape index (κ3) is 3.04. The van der Waals surface area contributed by atoms with E-state index in [4.69, 9.17) is 5.73 Å². The van der Waals surface area contributed by atoms with Crippen LogP contribution in [0, 0.1) is 12.8 Å². The van der Waals surface area contributed by atoms with Crippen LogP contribution in [0.15, 0.2) is 35.7 Å². The van der Waals surface area contributed by atoms with Gasteiger partial charge in [-0.1, -0.05) is 24.3 Å². The number of thiophene rings is 1. The molecule has 114 valence electrons. The highest BCUT2D eigenvalue weighted by Gasteiger charge is 2.34. The Bertz CT molecular complexity index is 719. The summed E-state index contributed by atoms with van der Waals surface area (Å²) in [7, 11) is 0. The number of aryl methyl sites for hydroxylation is 1. The van der Waals surface area contributed by atoms with Crippen molar-refractivity contribution in [1.82, 2.24) is 5.32 Å². The zero-order chi connectivity index (χ0) is 15.7. The van der Waals surface area contributed by atoms with Crippen molar-refractivity contribution in [3.63, 3.8) is 0 Å². The molecule has 3 N–H and O–H groups in total. The van der Waals surface area contributed by atoms with E-state index in [2.05, 4.69) is 24.4 Å². The van der Waals surface area contributed by atoms with Gasteiger partial charge >= 0.3 is 0 Å². The lowest BCUT2D eigenvalue weighted by Crippen LogP contribution is -2.29. The molecule has 4 nitrogen and oxygen atoms in total. The summed E-state index contributed by atoms with van der Waals surface area (Å²) in [5.41, 5.74) is 7.97. The van der Waals surface area contributed by atoms with Crippen molar-refractivity contribution >= 4 is 23.2 Å². The summed E-state index contributed by atoms with van der Waals surface area (Å²) in [5, 5.41) is 4.75. The highest BCUT2D eigenvalue weighted by atomic mass is 32.1. The van der Waals surface area contributed by atoms with Crippen molar-refractivity contribution in [1.29, 1.82) is 0 Å². The molecule has 0 bridgehead atoms. The normalized spacial score (nSPS) is 15.3. The van der Waals surface area contributed by atoms with Gasteiger partial charge in [0, 0.05) is 5.38 Å². The molecule has 1 aromatic heterocycles. The zero-order valence-corrected chi connectivity index (χ0v) is 13.2. The summed E-state index contributed by atoms with van der Waals surface area (Å²) in [6.07, 6.45) is 2.27. The number of nitrogens with two attached hydrogens (primary N) is 1. The molecule has 2 aromatic rings. The number of primary amides is 1. The molecular formula is C17H18N2O2S. The summed E-state index contributed by atoms with van der Waals surface area (Å²) in [6, 6.07) is 9.73. The Kier molecular flexibility index (Phi) is 3.98. The summed E-state index contributed by atoms with van der Waals surface area (Å²) >= 11 is 1.25. The first-order chi connectivity index (χ1) is 10.6. The van der Waals surface area contributed by atoms with Gasteiger partial charge in [-0.05, 0) is 42.9 Å². The Morgan fingerprint density at radius 2 is 2.05 bits per heavy atom. The Balaban J connectivity index is 1.80. The second kappa shape index (κ2) is 5.93. The van der Waals surface area contributed by atoms with E-state index in [-0.39, 0.29) is 11.9 Å². The van der Waals surface area contributed by atoms with Gasteiger partial charge in [0.25, 0.3) is 5.91 Å². The SMILES string of the molecule is Cc1ccccc1C(NC(=O)c1cc(C(N)=O)cs1)C1CC1. The van der Waals surface area contributed by atoms with Gasteiger partial charge < -0.3 is 11.1 Å². The van der Waals surface area contributed by atoms with Crippen LogP contribution in [0.5, 0.6) is 0 Å². The minimum Gasteiger partial charge on any atom is -0.366 e. The first kappa shape index (κ1) is 14.8. The number of benzene rings is 1. The molecule has 1 aromatic carbocycles. The van der Waals surface area contributed by atoms with Gasteiger partial charge in [0.05, 0.1) is 16.5 Å². The Labute approximate surface area is 133 Å². The van der Waals surface area contributed by atoms with Crippen LogP contribution >= 0.6 is 11.3 Å². The molecule has 1 aliphatic carbocycles. The second-order valence-corrected chi connectivity index (χ2v) is 6.62. The number of nitrogens with one attached hydrogen (secondary N) is 1. The van der Waals surface area contributed by atoms with Crippen molar-refractivity contribution in [2.75, 3.05) is 0 Å². The largest absolute Gasteiger partial charge is 0.366 e. The summed E-state index contributed by atoms with van der Waals surface area (Å²) in [6.45, 7) is 2.06. The van der Waals surface area contributed by atoms with E-state index >= 15 is 0 Å². The predicted molar refractivity (Wildman–Crippen MR) is 86.9 cm³/mol. The Morgan fingerprint density at radius 3 is 2.64 bits per heavy atom. The van der Waals surface area contributed by atoms with Crippen molar-refractivity contribution in [2.45, 2.75) is 25.8 Å². The fourth-order valence-electron chi connectivity index (χ4n) is 2.61. The van der Waals surface area contributed by atoms with E-state index in [0.717, 1.165) is 12.8 Å². The van der Waals surface area contributed by atoms with E-state index in [1.165, 1.54) is 22.5 Å². The van der Waals surface area contributed by atoms with Crippen LogP contribution in [0.4, 0.5) is 0 Å². The molecule has 1 aliphatic rings. The zero-order valence-electron chi connectivity index (χ0n) is 12.3. The summed E-state index contributed by atoms with van der Waals surface area (Å²) in [5.74, 6) is -0.147. The van der Waals surface area contributed by atoms with Gasteiger partial charge in [-0.2, -0.15) is 0 Å². The Morgan fingerprint density at radius 1 is 1.32 bits per heavy atom. The molecular weight excluding hydrogens is 296 g/mol. The molecule has 2 amide bonds. The monoisotopic (exact) mass is 314 g/mol. The van der Waals surface area contributed by atoms with Gasteiger partial charge in [-0.25, -0.2) is 0 Å². The lowest BCUT2D eigenvalue weighted by Gasteiger charge is -2.20. The van der Waals surface area contributed by atoms with Crippen LogP contribution in [0.2, 0.25) is 0 Å². The van der Waals surface area contributed by atoms with Crippen LogP contribution in [0.25, 0.3) is 0 Å². The minimum atomic E-state index is -0.507. The summed E-state index contributed by atoms with van der Waals surface area (Å²) < 4.78 is 0. The molecule has 0 spiro atoms. The van der Waals surface area contributed by atoms with Gasteiger partial charge in [-0.3, -0.25) is 9.59 Å². The van der Waals surface area contributed by atoms with Gasteiger partial charge in [-0.15, -0.1) is 11.3 Å². The number of carbonyl (C=O) groups excluding carboxylic acids is 2. The number of carbonyl (C=O) groups is 2. The quantitative estimate of drug-likeness (QED) is 0.890. The van der Waals surface area contributed by atoms with Crippen molar-refractivity contribution < 1.29 is 9.59 Å². The predicted octanol–water partition coefficient (Wildman–Crippen LogP) is 3.04. The van der Waals surface area contributed by atoms with Crippen LogP contribution in [0.1, 0.15) is 50.0 Å². The summed E-state index contributed by atoms with van der Waals surface area (Å²) in [4.78, 5) is 24.1. The van der Waals surface area contributed by atoms with Gasteiger partial charge in [0.2, 0.25) is 5.91 Å². The van der Waals surface area contributed by atoms with Crippen molar-refractivity contribution in [3.05, 3.63) is 57.3 Å². The van der Waals surface area contributed by atoms with Gasteiger partial charge in [0.1, 0.15) is 0 Å². The Hall–Kier alpha value is -2.14. The number of hydrogen-bond acceptors (Lipinski definition) is 3. The number of rotatable bonds is 5. The molecule has 22 heavy (non-hydrogen) atoms. The molecule has 1 atom stereocenters. The third-order valence-corrected chi connectivity index (χ3v) is 4.94. The molecule has 1 saturated carbocycles. The second-order valence-electron chi connectivity index (χ2n) is 5.71.